The number of thiophene rings is 1. The first kappa shape index (κ1) is 27.1. The van der Waals surface area contributed by atoms with Crippen molar-refractivity contribution in [1.82, 2.24) is 9.78 Å². The van der Waals surface area contributed by atoms with E-state index in [2.05, 4.69) is 19.9 Å². The average molecular weight is 566 g/mol. The zero-order valence-electron chi connectivity index (χ0n) is 20.8. The molecule has 2 aromatic heterocycles. The third-order valence-corrected chi connectivity index (χ3v) is 8.81. The van der Waals surface area contributed by atoms with Gasteiger partial charge in [-0.1, -0.05) is 13.8 Å². The molecule has 3 N–H and O–H groups in total. The van der Waals surface area contributed by atoms with Crippen LogP contribution in [0.2, 0.25) is 0 Å². The molecule has 0 amide bonds. The SMILES string of the molecule is CCOP1(=O)N=C(c2c(O)c(-c3ccsc3)nn(CCC(C)C)c2=O)Nc2ccc(NS(C)(=O)=O)cc21. The van der Waals surface area contributed by atoms with Gasteiger partial charge in [-0.3, -0.25) is 14.1 Å². The molecule has 1 unspecified atom stereocenters. The molecule has 3 aromatic rings. The van der Waals surface area contributed by atoms with Crippen LogP contribution in [0.15, 0.2) is 44.6 Å². The number of nitrogens with zero attached hydrogens (tertiary/aromatic N) is 3. The minimum atomic E-state index is -3.97. The summed E-state index contributed by atoms with van der Waals surface area (Å²) in [5.41, 5.74) is 0.553. The van der Waals surface area contributed by atoms with Gasteiger partial charge in [0.1, 0.15) is 11.3 Å². The van der Waals surface area contributed by atoms with E-state index in [-0.39, 0.29) is 34.7 Å². The number of rotatable bonds is 9. The summed E-state index contributed by atoms with van der Waals surface area (Å²) in [4.78, 5) is 13.5. The number of hydrogen-bond donors (Lipinski definition) is 3. The highest BCUT2D eigenvalue weighted by Crippen LogP contribution is 2.52. The first-order valence-electron chi connectivity index (χ1n) is 11.5. The molecule has 198 valence electrons. The van der Waals surface area contributed by atoms with E-state index in [1.165, 1.54) is 34.2 Å². The normalized spacial score (nSPS) is 17.3. The predicted molar refractivity (Wildman–Crippen MR) is 147 cm³/mol. The lowest BCUT2D eigenvalue weighted by molar-refractivity contribution is 0.341. The molecule has 0 bridgehead atoms. The first-order chi connectivity index (χ1) is 17.4. The van der Waals surface area contributed by atoms with Gasteiger partial charge in [0.05, 0.1) is 23.9 Å². The predicted octanol–water partition coefficient (Wildman–Crippen LogP) is 3.82. The molecule has 14 heteroatoms. The van der Waals surface area contributed by atoms with Gasteiger partial charge in [0.2, 0.25) is 10.0 Å². The lowest BCUT2D eigenvalue weighted by Gasteiger charge is -2.26. The molecule has 0 spiro atoms. The molecule has 0 aliphatic carbocycles. The van der Waals surface area contributed by atoms with E-state index in [1.807, 2.05) is 19.2 Å². The molecule has 0 fully saturated rings. The van der Waals surface area contributed by atoms with E-state index in [9.17, 15) is 22.9 Å². The molecule has 4 rings (SSSR count). The van der Waals surface area contributed by atoms with Crippen LogP contribution >= 0.6 is 18.9 Å². The van der Waals surface area contributed by atoms with E-state index in [0.717, 1.165) is 6.26 Å². The maximum Gasteiger partial charge on any atom is 0.348 e. The van der Waals surface area contributed by atoms with E-state index >= 15 is 0 Å². The Morgan fingerprint density at radius 2 is 2.05 bits per heavy atom. The molecular formula is C23H28N5O6PS2. The Morgan fingerprint density at radius 1 is 1.30 bits per heavy atom. The number of amidine groups is 1. The number of benzene rings is 1. The second-order valence-electron chi connectivity index (χ2n) is 8.91. The number of nitrogens with one attached hydrogen (secondary N) is 2. The molecule has 1 atom stereocenters. The highest BCUT2D eigenvalue weighted by Gasteiger charge is 2.36. The van der Waals surface area contributed by atoms with Crippen molar-refractivity contribution in [3.8, 4) is 17.0 Å². The molecule has 0 saturated carbocycles. The van der Waals surface area contributed by atoms with Gasteiger partial charge in [0, 0.05) is 23.2 Å². The summed E-state index contributed by atoms with van der Waals surface area (Å²) in [6, 6.07) is 6.15. The largest absolute Gasteiger partial charge is 0.505 e. The fourth-order valence-corrected chi connectivity index (χ4v) is 6.77. The summed E-state index contributed by atoms with van der Waals surface area (Å²) >= 11 is 1.42. The number of fused-ring (bicyclic) bond motifs is 1. The van der Waals surface area contributed by atoms with Gasteiger partial charge in [0.15, 0.2) is 11.6 Å². The standard InChI is InChI=1S/C23H28N5O6PS2/c1-5-34-35(31)18-12-16(27-37(4,32)33)6-7-17(18)24-22(26-35)19-21(29)20(15-9-11-36-13-15)25-28(23(19)30)10-8-14(2)3/h6-7,9,11-14,27,29H,5,8,10H2,1-4H3,(H,24,26,31). The summed E-state index contributed by atoms with van der Waals surface area (Å²) in [6.45, 7) is 6.06. The minimum Gasteiger partial charge on any atom is -0.505 e. The van der Waals surface area contributed by atoms with Crippen molar-refractivity contribution >= 4 is 51.4 Å². The van der Waals surface area contributed by atoms with Crippen molar-refractivity contribution in [3.63, 3.8) is 0 Å². The molecule has 3 heterocycles. The highest BCUT2D eigenvalue weighted by molar-refractivity contribution is 7.92. The molecule has 0 radical (unpaired) electrons. The minimum absolute atomic E-state index is 0.0400. The number of sulfonamides is 1. The van der Waals surface area contributed by atoms with Crippen LogP contribution in [0.25, 0.3) is 11.3 Å². The Kier molecular flexibility index (Phi) is 7.61. The lowest BCUT2D eigenvalue weighted by Crippen LogP contribution is -2.35. The Hall–Kier alpha value is -2.99. The number of aryl methyl sites for hydroxylation is 1. The topological polar surface area (TPSA) is 152 Å². The maximum absolute atomic E-state index is 14.0. The molecular weight excluding hydrogens is 537 g/mol. The molecule has 37 heavy (non-hydrogen) atoms. The fourth-order valence-electron chi connectivity index (χ4n) is 3.77. The van der Waals surface area contributed by atoms with Crippen LogP contribution < -0.4 is 20.9 Å². The third kappa shape index (κ3) is 5.80. The van der Waals surface area contributed by atoms with Crippen molar-refractivity contribution in [1.29, 1.82) is 0 Å². The molecule has 0 saturated heterocycles. The van der Waals surface area contributed by atoms with E-state index in [4.69, 9.17) is 4.52 Å². The summed E-state index contributed by atoms with van der Waals surface area (Å²) in [7, 11) is -7.55. The number of aromatic nitrogens is 2. The van der Waals surface area contributed by atoms with Crippen molar-refractivity contribution in [2.45, 2.75) is 33.7 Å². The molecule has 1 aliphatic heterocycles. The van der Waals surface area contributed by atoms with Crippen molar-refractivity contribution in [2.24, 2.45) is 10.7 Å². The Morgan fingerprint density at radius 3 is 2.68 bits per heavy atom. The molecule has 1 aromatic carbocycles. The van der Waals surface area contributed by atoms with Gasteiger partial charge in [0.25, 0.3) is 5.56 Å². The van der Waals surface area contributed by atoms with Gasteiger partial charge in [-0.2, -0.15) is 21.2 Å². The van der Waals surface area contributed by atoms with Crippen molar-refractivity contribution in [3.05, 3.63) is 50.9 Å². The Balaban J connectivity index is 1.90. The Labute approximate surface area is 218 Å². The highest BCUT2D eigenvalue weighted by atomic mass is 32.2. The van der Waals surface area contributed by atoms with Crippen LogP contribution in [0.1, 0.15) is 32.8 Å². The summed E-state index contributed by atoms with van der Waals surface area (Å²) < 4.78 is 50.9. The van der Waals surface area contributed by atoms with Gasteiger partial charge < -0.3 is 14.9 Å². The van der Waals surface area contributed by atoms with E-state index in [1.54, 1.807) is 18.4 Å². The summed E-state index contributed by atoms with van der Waals surface area (Å²) in [6.07, 6.45) is 1.68. The zero-order chi connectivity index (χ0) is 27.0. The second kappa shape index (κ2) is 10.4. The smallest absolute Gasteiger partial charge is 0.348 e. The average Bonchev–Trinajstić information content (AvgIpc) is 3.33. The number of aromatic hydroxyl groups is 1. The second-order valence-corrected chi connectivity index (χ2v) is 13.4. The Bertz CT molecular complexity index is 1560. The maximum atomic E-state index is 14.0. The van der Waals surface area contributed by atoms with Gasteiger partial charge in [-0.05, 0) is 48.9 Å². The van der Waals surface area contributed by atoms with E-state index in [0.29, 0.717) is 30.1 Å². The van der Waals surface area contributed by atoms with Crippen molar-refractivity contribution < 1.29 is 22.6 Å². The van der Waals surface area contributed by atoms with Crippen LogP contribution in [0.4, 0.5) is 11.4 Å². The lowest BCUT2D eigenvalue weighted by atomic mass is 10.1. The quantitative estimate of drug-likeness (QED) is 0.331. The third-order valence-electron chi connectivity index (χ3n) is 5.47. The van der Waals surface area contributed by atoms with Crippen LogP contribution in [0.5, 0.6) is 5.75 Å². The first-order valence-corrected chi connectivity index (χ1v) is 15.9. The van der Waals surface area contributed by atoms with Gasteiger partial charge in [-0.25, -0.2) is 13.1 Å². The van der Waals surface area contributed by atoms with Crippen molar-refractivity contribution in [2.75, 3.05) is 22.9 Å². The number of hydrogen-bond acceptors (Lipinski definition) is 9. The summed E-state index contributed by atoms with van der Waals surface area (Å²) in [5, 5.41) is 22.4. The monoisotopic (exact) mass is 565 g/mol. The van der Waals surface area contributed by atoms with Gasteiger partial charge in [-0.15, -0.1) is 0 Å². The fraction of sp³-hybridized carbons (Fsp3) is 0.348. The van der Waals surface area contributed by atoms with Crippen LogP contribution in [0.3, 0.4) is 0 Å². The molecule has 1 aliphatic rings. The zero-order valence-corrected chi connectivity index (χ0v) is 23.3. The van der Waals surface area contributed by atoms with Crippen LogP contribution in [-0.2, 0) is 25.7 Å². The van der Waals surface area contributed by atoms with E-state index < -0.39 is 28.9 Å². The number of anilines is 2. The van der Waals surface area contributed by atoms with Gasteiger partial charge >= 0.3 is 7.52 Å². The summed E-state index contributed by atoms with van der Waals surface area (Å²) in [5.74, 6) is -0.203. The molecule has 11 nitrogen and oxygen atoms in total. The van der Waals surface area contributed by atoms with Crippen LogP contribution in [0, 0.1) is 5.92 Å². The van der Waals surface area contributed by atoms with Crippen LogP contribution in [-0.4, -0.2) is 42.0 Å².